The van der Waals surface area contributed by atoms with Crippen LogP contribution in [-0.4, -0.2) is 22.7 Å². The molecule has 140 valence electrons. The van der Waals surface area contributed by atoms with Crippen LogP contribution in [-0.2, 0) is 16.0 Å². The number of H-pyrrole nitrogens is 1. The smallest absolute Gasteiger partial charge is 0.333 e. The topological polar surface area (TPSA) is 79.4 Å². The van der Waals surface area contributed by atoms with Crippen molar-refractivity contribution in [2.45, 2.75) is 26.2 Å². The number of unbranched alkanes of at least 4 members (excludes halogenated alkanes) is 1. The normalized spacial score (nSPS) is 11.0. The van der Waals surface area contributed by atoms with Crippen LogP contribution in [0.5, 0.6) is 5.75 Å². The van der Waals surface area contributed by atoms with Gasteiger partial charge in [0.2, 0.25) is 5.43 Å². The van der Waals surface area contributed by atoms with E-state index in [1.54, 1.807) is 31.2 Å². The molecule has 0 unspecified atom stereocenters. The summed E-state index contributed by atoms with van der Waals surface area (Å²) < 4.78 is 5.06. The van der Waals surface area contributed by atoms with Crippen LogP contribution in [0.3, 0.4) is 0 Å². The number of carbonyl (C=O) groups is 1. The summed E-state index contributed by atoms with van der Waals surface area (Å²) in [5.74, 6) is -0.445. The van der Waals surface area contributed by atoms with Crippen molar-refractivity contribution in [3.05, 3.63) is 63.3 Å². The van der Waals surface area contributed by atoms with Gasteiger partial charge in [-0.2, -0.15) is 0 Å². The molecule has 0 saturated carbocycles. The second-order valence-electron chi connectivity index (χ2n) is 6.53. The molecule has 0 aliphatic carbocycles. The van der Waals surface area contributed by atoms with Crippen molar-refractivity contribution in [1.82, 2.24) is 4.98 Å². The molecule has 3 aromatic rings. The third-order valence-electron chi connectivity index (χ3n) is 4.36. The minimum atomic E-state index is -0.389. The number of aromatic amines is 1. The highest BCUT2D eigenvalue weighted by Crippen LogP contribution is 2.28. The SMILES string of the molecule is C=C(C)C(=O)OCCCCc1cc(O)c2c(=O)c3cccc(Cl)c3[nH]c2c1. The first-order chi connectivity index (χ1) is 12.9. The predicted octanol–water partition coefficient (Wildman–Crippen LogP) is 4.48. The van der Waals surface area contributed by atoms with Crippen LogP contribution in [0.4, 0.5) is 0 Å². The minimum Gasteiger partial charge on any atom is -0.507 e. The number of carbonyl (C=O) groups excluding carboxylic acids is 1. The second kappa shape index (κ2) is 7.84. The van der Waals surface area contributed by atoms with Crippen LogP contribution >= 0.6 is 11.6 Å². The number of ether oxygens (including phenoxy) is 1. The number of hydrogen-bond acceptors (Lipinski definition) is 4. The van der Waals surface area contributed by atoms with Crippen molar-refractivity contribution >= 4 is 39.4 Å². The van der Waals surface area contributed by atoms with Crippen LogP contribution in [0.1, 0.15) is 25.3 Å². The van der Waals surface area contributed by atoms with E-state index in [4.69, 9.17) is 16.3 Å². The first-order valence-electron chi connectivity index (χ1n) is 8.67. The number of fused-ring (bicyclic) bond motifs is 2. The number of benzene rings is 2. The van der Waals surface area contributed by atoms with Crippen molar-refractivity contribution in [1.29, 1.82) is 0 Å². The highest BCUT2D eigenvalue weighted by molar-refractivity contribution is 6.35. The van der Waals surface area contributed by atoms with E-state index in [9.17, 15) is 14.7 Å². The summed E-state index contributed by atoms with van der Waals surface area (Å²) in [4.78, 5) is 27.2. The monoisotopic (exact) mass is 385 g/mol. The summed E-state index contributed by atoms with van der Waals surface area (Å²) in [7, 11) is 0. The number of phenolic OH excluding ortho intramolecular Hbond substituents is 1. The van der Waals surface area contributed by atoms with Gasteiger partial charge in [0.15, 0.2) is 0 Å². The number of halogens is 1. The summed E-state index contributed by atoms with van der Waals surface area (Å²) in [5, 5.41) is 11.5. The van der Waals surface area contributed by atoms with Crippen LogP contribution in [0, 0.1) is 0 Å². The molecule has 6 heteroatoms. The number of nitrogens with one attached hydrogen (secondary N) is 1. The molecule has 2 aromatic carbocycles. The van der Waals surface area contributed by atoms with E-state index in [1.807, 2.05) is 6.07 Å². The zero-order chi connectivity index (χ0) is 19.6. The first-order valence-corrected chi connectivity index (χ1v) is 9.05. The van der Waals surface area contributed by atoms with Crippen molar-refractivity contribution in [3.8, 4) is 5.75 Å². The maximum Gasteiger partial charge on any atom is 0.333 e. The van der Waals surface area contributed by atoms with Gasteiger partial charge < -0.3 is 14.8 Å². The number of aryl methyl sites for hydroxylation is 1. The fourth-order valence-electron chi connectivity index (χ4n) is 3.00. The standard InChI is InChI=1S/C21H20ClNO4/c1-12(2)21(26)27-9-4-3-6-13-10-16-18(17(24)11-13)20(25)14-7-5-8-15(22)19(14)23-16/h5,7-8,10-11,24H,1,3-4,6,9H2,2H3,(H,23,25). The molecule has 0 saturated heterocycles. The molecule has 0 atom stereocenters. The van der Waals surface area contributed by atoms with E-state index in [1.165, 1.54) is 0 Å². The highest BCUT2D eigenvalue weighted by Gasteiger charge is 2.12. The number of aromatic hydroxyl groups is 1. The summed E-state index contributed by atoms with van der Waals surface area (Å²) >= 11 is 6.19. The number of rotatable bonds is 6. The fraction of sp³-hybridized carbons (Fsp3) is 0.238. The quantitative estimate of drug-likeness (QED) is 0.284. The molecule has 27 heavy (non-hydrogen) atoms. The summed E-state index contributed by atoms with van der Waals surface area (Å²) in [5.41, 5.74) is 2.11. The number of hydrogen-bond donors (Lipinski definition) is 2. The van der Waals surface area contributed by atoms with Crippen molar-refractivity contribution in [2.24, 2.45) is 0 Å². The lowest BCUT2D eigenvalue weighted by molar-refractivity contribution is -0.139. The molecule has 2 N–H and O–H groups in total. The average molecular weight is 386 g/mol. The Hall–Kier alpha value is -2.79. The van der Waals surface area contributed by atoms with Crippen molar-refractivity contribution < 1.29 is 14.6 Å². The van der Waals surface area contributed by atoms with Gasteiger partial charge in [0.1, 0.15) is 5.75 Å². The van der Waals surface area contributed by atoms with Crippen LogP contribution < -0.4 is 5.43 Å². The molecular formula is C21H20ClNO4. The lowest BCUT2D eigenvalue weighted by Gasteiger charge is -2.09. The van der Waals surface area contributed by atoms with Gasteiger partial charge in [-0.05, 0) is 56.0 Å². The molecule has 0 radical (unpaired) electrons. The van der Waals surface area contributed by atoms with Crippen molar-refractivity contribution in [2.75, 3.05) is 6.61 Å². The molecule has 0 aliphatic heterocycles. The Morgan fingerprint density at radius 2 is 2.07 bits per heavy atom. The lowest BCUT2D eigenvalue weighted by Crippen LogP contribution is -2.07. The van der Waals surface area contributed by atoms with E-state index in [2.05, 4.69) is 11.6 Å². The van der Waals surface area contributed by atoms with Gasteiger partial charge >= 0.3 is 5.97 Å². The zero-order valence-corrected chi connectivity index (χ0v) is 15.7. The largest absolute Gasteiger partial charge is 0.507 e. The third kappa shape index (κ3) is 3.98. The maximum atomic E-state index is 12.7. The zero-order valence-electron chi connectivity index (χ0n) is 15.0. The fourth-order valence-corrected chi connectivity index (χ4v) is 3.22. The Bertz CT molecular complexity index is 1100. The molecule has 3 rings (SSSR count). The van der Waals surface area contributed by atoms with Gasteiger partial charge in [-0.25, -0.2) is 4.79 Å². The Labute approximate surface area is 161 Å². The number of para-hydroxylation sites is 1. The molecular weight excluding hydrogens is 366 g/mol. The van der Waals surface area contributed by atoms with Gasteiger partial charge in [0, 0.05) is 11.0 Å². The summed E-state index contributed by atoms with van der Waals surface area (Å²) in [6, 6.07) is 8.55. The molecule has 0 amide bonds. The van der Waals surface area contributed by atoms with Crippen LogP contribution in [0.2, 0.25) is 5.02 Å². The van der Waals surface area contributed by atoms with E-state index < -0.39 is 0 Å². The van der Waals surface area contributed by atoms with E-state index in [0.29, 0.717) is 46.5 Å². The Morgan fingerprint density at radius 3 is 2.81 bits per heavy atom. The third-order valence-corrected chi connectivity index (χ3v) is 4.68. The number of pyridine rings is 1. The first kappa shape index (κ1) is 19.0. The van der Waals surface area contributed by atoms with Crippen LogP contribution in [0.15, 0.2) is 47.3 Å². The molecule has 1 heterocycles. The van der Waals surface area contributed by atoms with Crippen LogP contribution in [0.25, 0.3) is 21.8 Å². The Morgan fingerprint density at radius 1 is 1.30 bits per heavy atom. The Balaban J connectivity index is 1.81. The lowest BCUT2D eigenvalue weighted by atomic mass is 10.0. The van der Waals surface area contributed by atoms with E-state index >= 15 is 0 Å². The molecule has 1 aromatic heterocycles. The summed E-state index contributed by atoms with van der Waals surface area (Å²) in [6.45, 7) is 5.46. The average Bonchev–Trinajstić information content (AvgIpc) is 2.62. The van der Waals surface area contributed by atoms with E-state index in [-0.39, 0.29) is 22.5 Å². The van der Waals surface area contributed by atoms with Crippen molar-refractivity contribution in [3.63, 3.8) is 0 Å². The maximum absolute atomic E-state index is 12.7. The van der Waals surface area contributed by atoms with Gasteiger partial charge in [0.05, 0.1) is 28.0 Å². The number of aromatic nitrogens is 1. The predicted molar refractivity (Wildman–Crippen MR) is 107 cm³/mol. The number of esters is 1. The molecule has 0 bridgehead atoms. The molecule has 0 fully saturated rings. The molecule has 0 aliphatic rings. The summed E-state index contributed by atoms with van der Waals surface area (Å²) in [6.07, 6.45) is 2.14. The highest BCUT2D eigenvalue weighted by atomic mass is 35.5. The van der Waals surface area contributed by atoms with Gasteiger partial charge in [-0.3, -0.25) is 4.79 Å². The van der Waals surface area contributed by atoms with Gasteiger partial charge in [0.25, 0.3) is 0 Å². The van der Waals surface area contributed by atoms with Gasteiger partial charge in [-0.15, -0.1) is 0 Å². The number of phenols is 1. The van der Waals surface area contributed by atoms with Gasteiger partial charge in [-0.1, -0.05) is 24.2 Å². The molecule has 5 nitrogen and oxygen atoms in total. The van der Waals surface area contributed by atoms with E-state index in [0.717, 1.165) is 12.0 Å². The second-order valence-corrected chi connectivity index (χ2v) is 6.93. The minimum absolute atomic E-state index is 0.0562. The molecule has 0 spiro atoms. The Kier molecular flexibility index (Phi) is 5.51.